The minimum atomic E-state index is -0.496. The molecular formula is C30H27ClF2N4O. The van der Waals surface area contributed by atoms with Gasteiger partial charge in [0.15, 0.2) is 0 Å². The Morgan fingerprint density at radius 3 is 2.32 bits per heavy atom. The second-order valence-electron chi connectivity index (χ2n) is 9.58. The van der Waals surface area contributed by atoms with Crippen LogP contribution >= 0.6 is 11.6 Å². The Morgan fingerprint density at radius 2 is 1.66 bits per heavy atom. The molecule has 1 fully saturated rings. The number of rotatable bonds is 6. The zero-order valence-corrected chi connectivity index (χ0v) is 21.7. The summed E-state index contributed by atoms with van der Waals surface area (Å²) in [7, 11) is 0. The highest BCUT2D eigenvalue weighted by molar-refractivity contribution is 6.29. The molecule has 5 nitrogen and oxygen atoms in total. The number of piperidine rings is 1. The molecule has 38 heavy (non-hydrogen) atoms. The molecule has 3 heterocycles. The van der Waals surface area contributed by atoms with Crippen LogP contribution in [-0.4, -0.2) is 33.9 Å². The quantitative estimate of drug-likeness (QED) is 0.271. The van der Waals surface area contributed by atoms with Gasteiger partial charge in [0.05, 0.1) is 11.4 Å². The van der Waals surface area contributed by atoms with Gasteiger partial charge in [-0.25, -0.2) is 13.8 Å². The fourth-order valence-corrected chi connectivity index (χ4v) is 5.05. The van der Waals surface area contributed by atoms with Gasteiger partial charge in [0.2, 0.25) is 0 Å². The van der Waals surface area contributed by atoms with Crippen LogP contribution in [0, 0.1) is 18.6 Å². The summed E-state index contributed by atoms with van der Waals surface area (Å²) < 4.78 is 28.2. The van der Waals surface area contributed by atoms with E-state index in [2.05, 4.69) is 44.5 Å². The molecule has 0 aliphatic carbocycles. The van der Waals surface area contributed by atoms with Crippen molar-refractivity contribution >= 4 is 23.2 Å². The van der Waals surface area contributed by atoms with Crippen LogP contribution in [0.1, 0.15) is 46.1 Å². The maximum atomic E-state index is 15.0. The molecule has 1 aliphatic rings. The molecule has 0 bridgehead atoms. The fourth-order valence-electron chi connectivity index (χ4n) is 4.87. The zero-order valence-electron chi connectivity index (χ0n) is 20.9. The summed E-state index contributed by atoms with van der Waals surface area (Å²) in [5.74, 6) is -1.17. The Labute approximate surface area is 225 Å². The summed E-state index contributed by atoms with van der Waals surface area (Å²) in [5, 5.41) is 2.91. The standard InChI is InChI=1S/C30H27ClF2N4O/c1-19-16-26(33)29(36-30(38)24-10-13-34-27(31)17-24)28(35-19)23-11-14-37(15-12-23)18-20-2-4-21(5-3-20)22-6-8-25(32)9-7-22/h2-10,13,16-17,23H,11-12,14-15,18H2,1H3,(H,36,38). The first kappa shape index (κ1) is 25.9. The van der Waals surface area contributed by atoms with Crippen molar-refractivity contribution in [2.75, 3.05) is 18.4 Å². The third-order valence-corrected chi connectivity index (χ3v) is 7.07. The molecule has 0 radical (unpaired) electrons. The van der Waals surface area contributed by atoms with E-state index < -0.39 is 11.7 Å². The van der Waals surface area contributed by atoms with Crippen molar-refractivity contribution < 1.29 is 13.6 Å². The molecule has 2 aromatic carbocycles. The van der Waals surface area contributed by atoms with E-state index in [9.17, 15) is 9.18 Å². The van der Waals surface area contributed by atoms with Crippen molar-refractivity contribution in [1.29, 1.82) is 0 Å². The van der Waals surface area contributed by atoms with E-state index in [0.717, 1.165) is 43.6 Å². The van der Waals surface area contributed by atoms with Crippen LogP contribution in [0.15, 0.2) is 72.9 Å². The zero-order chi connectivity index (χ0) is 26.6. The number of aromatic nitrogens is 2. The summed E-state index contributed by atoms with van der Waals surface area (Å²) in [6, 6.07) is 19.1. The molecule has 0 atom stereocenters. The van der Waals surface area contributed by atoms with Gasteiger partial charge in [0.1, 0.15) is 16.8 Å². The molecule has 0 saturated carbocycles. The van der Waals surface area contributed by atoms with Crippen molar-refractivity contribution in [2.45, 2.75) is 32.2 Å². The molecule has 4 aromatic rings. The molecule has 1 amide bonds. The molecular weight excluding hydrogens is 506 g/mol. The summed E-state index contributed by atoms with van der Waals surface area (Å²) in [6.07, 6.45) is 3.04. The number of carbonyl (C=O) groups is 1. The van der Waals surface area contributed by atoms with Crippen LogP contribution in [0.5, 0.6) is 0 Å². The first-order valence-corrected chi connectivity index (χ1v) is 12.9. The highest BCUT2D eigenvalue weighted by atomic mass is 35.5. The van der Waals surface area contributed by atoms with Crippen molar-refractivity contribution in [2.24, 2.45) is 0 Å². The minimum absolute atomic E-state index is 0.0258. The largest absolute Gasteiger partial charge is 0.318 e. The Morgan fingerprint density at radius 1 is 1.00 bits per heavy atom. The van der Waals surface area contributed by atoms with Crippen LogP contribution < -0.4 is 5.32 Å². The van der Waals surface area contributed by atoms with Crippen LogP contribution in [-0.2, 0) is 6.54 Å². The molecule has 0 unspecified atom stereocenters. The monoisotopic (exact) mass is 532 g/mol. The SMILES string of the molecule is Cc1cc(F)c(NC(=O)c2ccnc(Cl)c2)c(C2CCN(Cc3ccc(-c4ccc(F)cc4)cc3)CC2)n1. The Kier molecular flexibility index (Phi) is 7.77. The fraction of sp³-hybridized carbons (Fsp3) is 0.233. The molecule has 1 aliphatic heterocycles. The van der Waals surface area contributed by atoms with Gasteiger partial charge in [-0.15, -0.1) is 0 Å². The number of hydrogen-bond acceptors (Lipinski definition) is 4. The lowest BCUT2D eigenvalue weighted by Crippen LogP contribution is -2.33. The van der Waals surface area contributed by atoms with Gasteiger partial charge in [-0.1, -0.05) is 48.0 Å². The number of benzene rings is 2. The Bertz CT molecular complexity index is 1440. The van der Waals surface area contributed by atoms with Crippen LogP contribution in [0.4, 0.5) is 14.5 Å². The van der Waals surface area contributed by atoms with E-state index in [1.165, 1.54) is 42.1 Å². The van der Waals surface area contributed by atoms with E-state index in [-0.39, 0.29) is 22.6 Å². The number of aryl methyl sites for hydroxylation is 1. The molecule has 1 saturated heterocycles. The predicted molar refractivity (Wildman–Crippen MR) is 145 cm³/mol. The van der Waals surface area contributed by atoms with Gasteiger partial charge in [0, 0.05) is 29.9 Å². The minimum Gasteiger partial charge on any atom is -0.318 e. The summed E-state index contributed by atoms with van der Waals surface area (Å²) in [6.45, 7) is 4.22. The maximum absolute atomic E-state index is 15.0. The number of amides is 1. The van der Waals surface area contributed by atoms with Crippen molar-refractivity contribution in [3.05, 3.63) is 112 Å². The van der Waals surface area contributed by atoms with Crippen LogP contribution in [0.2, 0.25) is 5.15 Å². The lowest BCUT2D eigenvalue weighted by Gasteiger charge is -2.32. The van der Waals surface area contributed by atoms with Gasteiger partial charge in [-0.05, 0) is 79.9 Å². The number of nitrogens with zero attached hydrogens (tertiary/aromatic N) is 3. The van der Waals surface area contributed by atoms with Gasteiger partial charge in [0.25, 0.3) is 5.91 Å². The van der Waals surface area contributed by atoms with E-state index in [0.29, 0.717) is 17.0 Å². The molecule has 194 valence electrons. The number of nitrogens with one attached hydrogen (secondary N) is 1. The molecule has 5 rings (SSSR count). The van der Waals surface area contributed by atoms with Gasteiger partial charge in [-0.2, -0.15) is 0 Å². The molecule has 2 aromatic heterocycles. The van der Waals surface area contributed by atoms with Crippen molar-refractivity contribution in [1.82, 2.24) is 14.9 Å². The topological polar surface area (TPSA) is 58.1 Å². The lowest BCUT2D eigenvalue weighted by atomic mass is 9.91. The highest BCUT2D eigenvalue weighted by Crippen LogP contribution is 2.34. The lowest BCUT2D eigenvalue weighted by molar-refractivity contribution is 0.102. The van der Waals surface area contributed by atoms with E-state index in [4.69, 9.17) is 11.6 Å². The first-order chi connectivity index (χ1) is 18.4. The summed E-state index contributed by atoms with van der Waals surface area (Å²) in [5.41, 5.74) is 4.80. The van der Waals surface area contributed by atoms with Gasteiger partial charge in [-0.3, -0.25) is 14.7 Å². The highest BCUT2D eigenvalue weighted by Gasteiger charge is 2.27. The second-order valence-corrected chi connectivity index (χ2v) is 9.97. The van der Waals surface area contributed by atoms with Crippen molar-refractivity contribution in [3.63, 3.8) is 0 Å². The predicted octanol–water partition coefficient (Wildman–Crippen LogP) is 7.02. The van der Waals surface area contributed by atoms with E-state index in [1.54, 1.807) is 19.1 Å². The number of likely N-dealkylation sites (tertiary alicyclic amines) is 1. The smallest absolute Gasteiger partial charge is 0.255 e. The van der Waals surface area contributed by atoms with Gasteiger partial charge < -0.3 is 5.32 Å². The summed E-state index contributed by atoms with van der Waals surface area (Å²) in [4.78, 5) is 23.7. The Hall–Kier alpha value is -3.68. The number of anilines is 1. The molecule has 8 heteroatoms. The maximum Gasteiger partial charge on any atom is 0.255 e. The third-order valence-electron chi connectivity index (χ3n) is 6.87. The normalized spacial score (nSPS) is 14.4. The first-order valence-electron chi connectivity index (χ1n) is 12.5. The average Bonchev–Trinajstić information content (AvgIpc) is 2.91. The average molecular weight is 533 g/mol. The molecule has 1 N–H and O–H groups in total. The van der Waals surface area contributed by atoms with E-state index in [1.807, 2.05) is 0 Å². The number of hydrogen-bond donors (Lipinski definition) is 1. The Balaban J connectivity index is 1.24. The number of carbonyl (C=O) groups excluding carboxylic acids is 1. The number of pyridine rings is 2. The van der Waals surface area contributed by atoms with Crippen LogP contribution in [0.25, 0.3) is 11.1 Å². The van der Waals surface area contributed by atoms with Crippen LogP contribution in [0.3, 0.4) is 0 Å². The molecule has 0 spiro atoms. The van der Waals surface area contributed by atoms with Crippen molar-refractivity contribution in [3.8, 4) is 11.1 Å². The second kappa shape index (κ2) is 11.4. The summed E-state index contributed by atoms with van der Waals surface area (Å²) >= 11 is 5.91. The van der Waals surface area contributed by atoms with Gasteiger partial charge >= 0.3 is 0 Å². The third kappa shape index (κ3) is 6.06. The van der Waals surface area contributed by atoms with E-state index >= 15 is 4.39 Å². The number of halogens is 3.